The molecule has 2 aliphatic rings. The predicted molar refractivity (Wildman–Crippen MR) is 141 cm³/mol. The van der Waals surface area contributed by atoms with Crippen LogP contribution in [0.4, 0.5) is 21.5 Å². The molecule has 9 heteroatoms. The summed E-state index contributed by atoms with van der Waals surface area (Å²) in [5.41, 5.74) is 2.73. The van der Waals surface area contributed by atoms with Gasteiger partial charge in [0.05, 0.1) is 29.8 Å². The van der Waals surface area contributed by atoms with Gasteiger partial charge >= 0.3 is 0 Å². The molecule has 0 atom stereocenters. The molecule has 0 aliphatic carbocycles. The maximum Gasteiger partial charge on any atom is 0.274 e. The number of piperazine rings is 1. The highest BCUT2D eigenvalue weighted by molar-refractivity contribution is 6.06. The van der Waals surface area contributed by atoms with Gasteiger partial charge in [-0.25, -0.2) is 4.39 Å². The quantitative estimate of drug-likeness (QED) is 0.557. The number of ether oxygens (including phenoxy) is 1. The van der Waals surface area contributed by atoms with Gasteiger partial charge in [0.1, 0.15) is 11.5 Å². The van der Waals surface area contributed by atoms with Gasteiger partial charge in [-0.3, -0.25) is 9.59 Å². The summed E-state index contributed by atoms with van der Waals surface area (Å²) < 4.78 is 21.9. The Hall–Kier alpha value is -3.43. The molecule has 0 unspecified atom stereocenters. The van der Waals surface area contributed by atoms with Crippen molar-refractivity contribution in [3.8, 4) is 0 Å². The van der Waals surface area contributed by atoms with Crippen molar-refractivity contribution in [1.29, 1.82) is 0 Å². The normalized spacial score (nSPS) is 17.0. The van der Waals surface area contributed by atoms with Crippen LogP contribution >= 0.6 is 0 Å². The van der Waals surface area contributed by atoms with Crippen molar-refractivity contribution in [2.75, 3.05) is 81.3 Å². The first-order chi connectivity index (χ1) is 17.3. The molecule has 2 aliphatic heterocycles. The van der Waals surface area contributed by atoms with Crippen LogP contribution in [0, 0.1) is 5.82 Å². The number of hydrogen-bond donors (Lipinski definition) is 0. The second kappa shape index (κ2) is 9.91. The molecule has 0 spiro atoms. The molecule has 0 saturated carbocycles. The van der Waals surface area contributed by atoms with E-state index in [1.54, 1.807) is 24.7 Å². The van der Waals surface area contributed by atoms with Gasteiger partial charge in [0.2, 0.25) is 0 Å². The van der Waals surface area contributed by atoms with Gasteiger partial charge in [-0.05, 0) is 43.4 Å². The van der Waals surface area contributed by atoms with Crippen molar-refractivity contribution in [3.63, 3.8) is 0 Å². The highest BCUT2D eigenvalue weighted by atomic mass is 19.1. The van der Waals surface area contributed by atoms with Crippen molar-refractivity contribution >= 4 is 33.9 Å². The standard InChI is InChI=1S/C27H32FN5O3/c1-29-10-12-33(13-11-29)22-9-8-21(28)25-24(34)18-23(31(3)26(22)25)27(35)30(2)19-4-6-20(7-5-19)32-14-16-36-17-15-32/h4-9,18H,10-17H2,1-3H3. The molecule has 2 fully saturated rings. The number of amides is 1. The van der Waals surface area contributed by atoms with Crippen LogP contribution in [-0.4, -0.2) is 82.0 Å². The van der Waals surface area contributed by atoms with Gasteiger partial charge in [0.15, 0.2) is 5.43 Å². The predicted octanol–water partition coefficient (Wildman–Crippen LogP) is 2.54. The Bertz CT molecular complexity index is 1330. The third kappa shape index (κ3) is 4.44. The number of benzene rings is 2. The number of carbonyl (C=O) groups is 1. The fourth-order valence-electron chi connectivity index (χ4n) is 5.05. The Morgan fingerprint density at radius 1 is 0.917 bits per heavy atom. The molecule has 36 heavy (non-hydrogen) atoms. The molecule has 2 aromatic carbocycles. The summed E-state index contributed by atoms with van der Waals surface area (Å²) in [5, 5.41) is 0.0167. The molecule has 190 valence electrons. The lowest BCUT2D eigenvalue weighted by molar-refractivity contribution is 0.0985. The van der Waals surface area contributed by atoms with Gasteiger partial charge in [-0.15, -0.1) is 0 Å². The van der Waals surface area contributed by atoms with Crippen LogP contribution in [0.1, 0.15) is 10.5 Å². The zero-order valence-corrected chi connectivity index (χ0v) is 21.0. The van der Waals surface area contributed by atoms with Crippen molar-refractivity contribution in [1.82, 2.24) is 9.47 Å². The number of carbonyl (C=O) groups excluding carboxylic acids is 1. The first kappa shape index (κ1) is 24.3. The molecular weight excluding hydrogens is 461 g/mol. The van der Waals surface area contributed by atoms with Gasteiger partial charge in [0, 0.05) is 70.8 Å². The zero-order valence-electron chi connectivity index (χ0n) is 21.0. The fraction of sp³-hybridized carbons (Fsp3) is 0.407. The van der Waals surface area contributed by atoms with E-state index in [2.05, 4.69) is 21.7 Å². The summed E-state index contributed by atoms with van der Waals surface area (Å²) in [6.45, 7) is 6.33. The Balaban J connectivity index is 1.50. The second-order valence-electron chi connectivity index (χ2n) is 9.51. The summed E-state index contributed by atoms with van der Waals surface area (Å²) in [6.07, 6.45) is 0. The lowest BCUT2D eigenvalue weighted by atomic mass is 10.1. The SMILES string of the molecule is CN1CCN(c2ccc(F)c3c(=O)cc(C(=O)N(C)c4ccc(N5CCOCC5)cc4)n(C)c23)CC1. The molecule has 8 nitrogen and oxygen atoms in total. The minimum absolute atomic E-state index is 0.0167. The maximum absolute atomic E-state index is 14.8. The molecule has 0 radical (unpaired) electrons. The molecule has 1 amide bonds. The average molecular weight is 494 g/mol. The average Bonchev–Trinajstić information content (AvgIpc) is 2.91. The Morgan fingerprint density at radius 3 is 2.25 bits per heavy atom. The Kier molecular flexibility index (Phi) is 6.68. The first-order valence-electron chi connectivity index (χ1n) is 12.3. The second-order valence-corrected chi connectivity index (χ2v) is 9.51. The molecule has 3 aromatic rings. The van der Waals surface area contributed by atoms with Crippen LogP contribution in [0.5, 0.6) is 0 Å². The van der Waals surface area contributed by atoms with E-state index in [1.807, 2.05) is 24.3 Å². The Morgan fingerprint density at radius 2 is 1.58 bits per heavy atom. The minimum atomic E-state index is -0.575. The van der Waals surface area contributed by atoms with E-state index in [1.165, 1.54) is 17.0 Å². The number of anilines is 3. The number of nitrogens with zero attached hydrogens (tertiary/aromatic N) is 5. The summed E-state index contributed by atoms with van der Waals surface area (Å²) >= 11 is 0. The molecule has 5 rings (SSSR count). The van der Waals surface area contributed by atoms with Crippen LogP contribution in [0.3, 0.4) is 0 Å². The van der Waals surface area contributed by atoms with E-state index >= 15 is 0 Å². The summed E-state index contributed by atoms with van der Waals surface area (Å²) in [6, 6.07) is 12.1. The fourth-order valence-corrected chi connectivity index (χ4v) is 5.05. The van der Waals surface area contributed by atoms with Gasteiger partial charge in [-0.1, -0.05) is 0 Å². The van der Waals surface area contributed by atoms with E-state index in [0.29, 0.717) is 24.4 Å². The highest BCUT2D eigenvalue weighted by Gasteiger charge is 2.24. The number of hydrogen-bond acceptors (Lipinski definition) is 6. The molecule has 3 heterocycles. The monoisotopic (exact) mass is 493 g/mol. The minimum Gasteiger partial charge on any atom is -0.378 e. The van der Waals surface area contributed by atoms with E-state index in [9.17, 15) is 14.0 Å². The number of pyridine rings is 1. The third-order valence-electron chi connectivity index (χ3n) is 7.30. The van der Waals surface area contributed by atoms with Gasteiger partial charge in [0.25, 0.3) is 5.91 Å². The van der Waals surface area contributed by atoms with E-state index < -0.39 is 11.2 Å². The van der Waals surface area contributed by atoms with E-state index in [0.717, 1.165) is 50.6 Å². The highest BCUT2D eigenvalue weighted by Crippen LogP contribution is 2.29. The summed E-state index contributed by atoms with van der Waals surface area (Å²) in [5.74, 6) is -0.904. The number of morpholine rings is 1. The molecule has 2 saturated heterocycles. The zero-order chi connectivity index (χ0) is 25.4. The number of halogens is 1. The van der Waals surface area contributed by atoms with Crippen LogP contribution < -0.4 is 20.1 Å². The lowest BCUT2D eigenvalue weighted by Crippen LogP contribution is -2.44. The smallest absolute Gasteiger partial charge is 0.274 e. The van der Waals surface area contributed by atoms with Crippen LogP contribution in [0.25, 0.3) is 10.9 Å². The topological polar surface area (TPSA) is 61.3 Å². The van der Waals surface area contributed by atoms with Crippen LogP contribution in [0.15, 0.2) is 47.3 Å². The number of likely N-dealkylation sites (N-methyl/N-ethyl adjacent to an activating group) is 1. The number of rotatable bonds is 4. The Labute approximate surface area is 210 Å². The van der Waals surface area contributed by atoms with E-state index in [-0.39, 0.29) is 17.0 Å². The molecule has 0 bridgehead atoms. The largest absolute Gasteiger partial charge is 0.378 e. The molecule has 0 N–H and O–H groups in total. The first-order valence-corrected chi connectivity index (χ1v) is 12.3. The molecular formula is C27H32FN5O3. The number of aromatic nitrogens is 1. The van der Waals surface area contributed by atoms with Crippen LogP contribution in [0.2, 0.25) is 0 Å². The van der Waals surface area contributed by atoms with Crippen molar-refractivity contribution in [2.45, 2.75) is 0 Å². The van der Waals surface area contributed by atoms with Crippen molar-refractivity contribution in [3.05, 3.63) is 64.2 Å². The lowest BCUT2D eigenvalue weighted by Gasteiger charge is -2.35. The number of fused-ring (bicyclic) bond motifs is 1. The van der Waals surface area contributed by atoms with Crippen molar-refractivity contribution in [2.24, 2.45) is 7.05 Å². The van der Waals surface area contributed by atoms with Crippen molar-refractivity contribution < 1.29 is 13.9 Å². The maximum atomic E-state index is 14.8. The van der Waals surface area contributed by atoms with Gasteiger partial charge < -0.3 is 28.9 Å². The summed E-state index contributed by atoms with van der Waals surface area (Å²) in [7, 11) is 5.48. The van der Waals surface area contributed by atoms with Crippen LogP contribution in [-0.2, 0) is 11.8 Å². The van der Waals surface area contributed by atoms with Gasteiger partial charge in [-0.2, -0.15) is 0 Å². The number of aryl methyl sites for hydroxylation is 1. The van der Waals surface area contributed by atoms with E-state index in [4.69, 9.17) is 4.74 Å². The summed E-state index contributed by atoms with van der Waals surface area (Å²) in [4.78, 5) is 34.8. The third-order valence-corrected chi connectivity index (χ3v) is 7.30. The molecule has 1 aromatic heterocycles.